The van der Waals surface area contributed by atoms with E-state index in [-0.39, 0.29) is 6.54 Å². The number of thiophene rings is 1. The first-order valence-electron chi connectivity index (χ1n) is 7.86. The molecule has 6 nitrogen and oxygen atoms in total. The van der Waals surface area contributed by atoms with Crippen LogP contribution in [0.3, 0.4) is 0 Å². The first-order chi connectivity index (χ1) is 12.0. The molecule has 2 aromatic heterocycles. The van der Waals surface area contributed by atoms with Crippen LogP contribution in [-0.4, -0.2) is 28.0 Å². The summed E-state index contributed by atoms with van der Waals surface area (Å²) in [5.41, 5.74) is 1.76. The second kappa shape index (κ2) is 7.50. The molecule has 0 aliphatic heterocycles. The van der Waals surface area contributed by atoms with E-state index in [4.69, 9.17) is 0 Å². The Morgan fingerprint density at radius 1 is 1.20 bits per heavy atom. The van der Waals surface area contributed by atoms with Crippen molar-refractivity contribution in [3.8, 4) is 0 Å². The number of benzene rings is 1. The highest BCUT2D eigenvalue weighted by molar-refractivity contribution is 7.09. The molecule has 7 heteroatoms. The van der Waals surface area contributed by atoms with Crippen molar-refractivity contribution in [3.05, 3.63) is 58.4 Å². The second-order valence-corrected chi connectivity index (χ2v) is 6.77. The topological polar surface area (TPSA) is 83.4 Å². The molecule has 3 aromatic rings. The second-order valence-electron chi connectivity index (χ2n) is 5.73. The van der Waals surface area contributed by atoms with E-state index in [2.05, 4.69) is 10.6 Å². The normalized spacial score (nSPS) is 12.1. The third-order valence-corrected chi connectivity index (χ3v) is 4.84. The minimum absolute atomic E-state index is 0.0242. The van der Waals surface area contributed by atoms with Gasteiger partial charge in [0, 0.05) is 30.2 Å². The molecule has 0 spiro atoms. The number of amides is 2. The first kappa shape index (κ1) is 17.2. The van der Waals surface area contributed by atoms with Gasteiger partial charge < -0.3 is 20.3 Å². The molecule has 0 fully saturated rings. The van der Waals surface area contributed by atoms with Crippen molar-refractivity contribution in [2.45, 2.75) is 12.6 Å². The van der Waals surface area contributed by atoms with Crippen LogP contribution in [0.5, 0.6) is 0 Å². The maximum absolute atomic E-state index is 11.8. The van der Waals surface area contributed by atoms with Crippen LogP contribution in [0.2, 0.25) is 0 Å². The van der Waals surface area contributed by atoms with Crippen molar-refractivity contribution < 1.29 is 14.7 Å². The maximum atomic E-state index is 11.8. The van der Waals surface area contributed by atoms with Gasteiger partial charge in [-0.15, -0.1) is 11.3 Å². The van der Waals surface area contributed by atoms with E-state index in [9.17, 15) is 14.7 Å². The lowest BCUT2D eigenvalue weighted by Gasteiger charge is -2.12. The summed E-state index contributed by atoms with van der Waals surface area (Å²) in [6.07, 6.45) is 1.07. The van der Waals surface area contributed by atoms with Crippen molar-refractivity contribution in [1.29, 1.82) is 0 Å². The molecule has 2 amide bonds. The molecule has 25 heavy (non-hydrogen) atoms. The van der Waals surface area contributed by atoms with Crippen molar-refractivity contribution in [2.24, 2.45) is 7.05 Å². The van der Waals surface area contributed by atoms with Crippen LogP contribution in [0.25, 0.3) is 10.9 Å². The van der Waals surface area contributed by atoms with Crippen LogP contribution in [-0.2, 0) is 23.2 Å². The highest BCUT2D eigenvalue weighted by Crippen LogP contribution is 2.20. The lowest BCUT2D eigenvalue weighted by molar-refractivity contribution is -0.139. The Hall–Kier alpha value is -2.64. The molecular formula is C18H19N3O3S. The van der Waals surface area contributed by atoms with Crippen LogP contribution in [0, 0.1) is 0 Å². The number of aryl methyl sites for hydroxylation is 1. The van der Waals surface area contributed by atoms with Gasteiger partial charge in [0.05, 0.1) is 12.6 Å². The Balaban J connectivity index is 1.52. The maximum Gasteiger partial charge on any atom is 0.309 e. The molecule has 0 bridgehead atoms. The highest BCUT2D eigenvalue weighted by atomic mass is 32.1. The number of aliphatic hydroxyl groups is 1. The van der Waals surface area contributed by atoms with Gasteiger partial charge in [-0.25, -0.2) is 0 Å². The molecule has 0 aliphatic carbocycles. The van der Waals surface area contributed by atoms with E-state index in [1.807, 2.05) is 59.6 Å². The average Bonchev–Trinajstić information content (AvgIpc) is 3.27. The van der Waals surface area contributed by atoms with E-state index in [1.165, 1.54) is 11.3 Å². The van der Waals surface area contributed by atoms with Crippen LogP contribution >= 0.6 is 11.3 Å². The van der Waals surface area contributed by atoms with Gasteiger partial charge in [-0.2, -0.15) is 0 Å². The van der Waals surface area contributed by atoms with Crippen molar-refractivity contribution in [3.63, 3.8) is 0 Å². The molecule has 3 N–H and O–H groups in total. The molecule has 1 unspecified atom stereocenters. The van der Waals surface area contributed by atoms with Gasteiger partial charge in [0.25, 0.3) is 0 Å². The summed E-state index contributed by atoms with van der Waals surface area (Å²) in [5, 5.41) is 18.2. The van der Waals surface area contributed by atoms with Gasteiger partial charge in [0.15, 0.2) is 0 Å². The van der Waals surface area contributed by atoms with Gasteiger partial charge in [0.2, 0.25) is 0 Å². The quantitative estimate of drug-likeness (QED) is 0.608. The van der Waals surface area contributed by atoms with Crippen LogP contribution in [0.1, 0.15) is 16.5 Å². The minimum Gasteiger partial charge on any atom is -0.387 e. The fourth-order valence-corrected chi connectivity index (χ4v) is 3.20. The molecule has 1 atom stereocenters. The summed E-state index contributed by atoms with van der Waals surface area (Å²) in [6, 6.07) is 11.3. The lowest BCUT2D eigenvalue weighted by Crippen LogP contribution is -2.41. The number of aliphatic hydroxyl groups excluding tert-OH is 1. The summed E-state index contributed by atoms with van der Waals surface area (Å²) in [4.78, 5) is 24.6. The molecule has 3 rings (SSSR count). The number of hydrogen-bond acceptors (Lipinski definition) is 4. The van der Waals surface area contributed by atoms with Crippen LogP contribution in [0.15, 0.2) is 48.0 Å². The Bertz CT molecular complexity index is 886. The van der Waals surface area contributed by atoms with Gasteiger partial charge >= 0.3 is 11.8 Å². The number of nitrogens with zero attached hydrogens (tertiary/aromatic N) is 1. The Kier molecular flexibility index (Phi) is 5.16. The van der Waals surface area contributed by atoms with Crippen molar-refractivity contribution in [2.75, 3.05) is 6.54 Å². The predicted octanol–water partition coefficient (Wildman–Crippen LogP) is 1.71. The van der Waals surface area contributed by atoms with Gasteiger partial charge in [0.1, 0.15) is 0 Å². The third-order valence-electron chi connectivity index (χ3n) is 3.96. The van der Waals surface area contributed by atoms with Gasteiger partial charge in [-0.3, -0.25) is 9.59 Å². The molecule has 1 aromatic carbocycles. The zero-order valence-electron chi connectivity index (χ0n) is 13.7. The first-order valence-corrected chi connectivity index (χ1v) is 8.74. The van der Waals surface area contributed by atoms with Gasteiger partial charge in [-0.05, 0) is 40.6 Å². The van der Waals surface area contributed by atoms with E-state index in [1.54, 1.807) is 0 Å². The number of rotatable bonds is 5. The smallest absolute Gasteiger partial charge is 0.309 e. The van der Waals surface area contributed by atoms with Gasteiger partial charge in [-0.1, -0.05) is 12.1 Å². The Morgan fingerprint density at radius 3 is 2.76 bits per heavy atom. The number of carbonyl (C=O) groups excluding carboxylic acids is 2. The summed E-state index contributed by atoms with van der Waals surface area (Å²) in [5.74, 6) is -1.46. The van der Waals surface area contributed by atoms with Crippen molar-refractivity contribution >= 4 is 34.1 Å². The summed E-state index contributed by atoms with van der Waals surface area (Å²) < 4.78 is 1.99. The zero-order chi connectivity index (χ0) is 17.8. The summed E-state index contributed by atoms with van der Waals surface area (Å²) in [6.45, 7) is 0.292. The highest BCUT2D eigenvalue weighted by Gasteiger charge is 2.16. The largest absolute Gasteiger partial charge is 0.387 e. The molecule has 0 radical (unpaired) electrons. The fourth-order valence-electron chi connectivity index (χ4n) is 2.56. The van der Waals surface area contributed by atoms with Crippen LogP contribution in [0.4, 0.5) is 0 Å². The SMILES string of the molecule is Cn1ccc2cc(C(O)CNC(=O)C(=O)NCc3cccs3)ccc21. The number of aromatic nitrogens is 1. The number of nitrogens with one attached hydrogen (secondary N) is 2. The number of fused-ring (bicyclic) bond motifs is 1. The van der Waals surface area contributed by atoms with Crippen LogP contribution < -0.4 is 10.6 Å². The Labute approximate surface area is 149 Å². The van der Waals surface area contributed by atoms with Crippen molar-refractivity contribution in [1.82, 2.24) is 15.2 Å². The molecule has 2 heterocycles. The average molecular weight is 357 g/mol. The Morgan fingerprint density at radius 2 is 2.00 bits per heavy atom. The molecule has 130 valence electrons. The molecule has 0 aliphatic rings. The van der Waals surface area contributed by atoms with E-state index >= 15 is 0 Å². The minimum atomic E-state index is -0.876. The van der Waals surface area contributed by atoms with E-state index < -0.39 is 17.9 Å². The third kappa shape index (κ3) is 4.07. The zero-order valence-corrected chi connectivity index (χ0v) is 14.5. The van der Waals surface area contributed by atoms with E-state index in [0.29, 0.717) is 12.1 Å². The molecule has 0 saturated carbocycles. The molecular weight excluding hydrogens is 338 g/mol. The summed E-state index contributed by atoms with van der Waals surface area (Å²) in [7, 11) is 1.95. The lowest BCUT2D eigenvalue weighted by atomic mass is 10.1. The summed E-state index contributed by atoms with van der Waals surface area (Å²) >= 11 is 1.51. The number of carbonyl (C=O) groups is 2. The molecule has 0 saturated heterocycles. The standard InChI is InChI=1S/C18H19N3O3S/c1-21-7-6-12-9-13(4-5-15(12)21)16(22)11-20-18(24)17(23)19-10-14-3-2-8-25-14/h2-9,16,22H,10-11H2,1H3,(H,19,23)(H,20,24). The number of hydrogen-bond donors (Lipinski definition) is 3. The predicted molar refractivity (Wildman–Crippen MR) is 97.1 cm³/mol. The monoisotopic (exact) mass is 357 g/mol. The van der Waals surface area contributed by atoms with E-state index in [0.717, 1.165) is 15.8 Å². The fraction of sp³-hybridized carbons (Fsp3) is 0.222.